The Bertz CT molecular complexity index is 282. The molecule has 3 heteroatoms. The minimum absolute atomic E-state index is 0.143. The maximum atomic E-state index is 10.8. The standard InChI is InChI=1S/C15H31NO2/c1-11(2)9-16-10-15(7,17)12-8-13(3,4)18-14(12,5)6/h11-12,16-17H,8-10H2,1-7H3. The number of aliphatic hydroxyl groups is 1. The molecule has 1 aliphatic rings. The molecule has 1 aliphatic heterocycles. The molecule has 0 aromatic rings. The van der Waals surface area contributed by atoms with Crippen LogP contribution in [0, 0.1) is 11.8 Å². The van der Waals surface area contributed by atoms with E-state index in [0.717, 1.165) is 13.0 Å². The van der Waals surface area contributed by atoms with Gasteiger partial charge in [-0.1, -0.05) is 13.8 Å². The van der Waals surface area contributed by atoms with Crippen LogP contribution in [0.5, 0.6) is 0 Å². The van der Waals surface area contributed by atoms with Gasteiger partial charge in [-0.25, -0.2) is 0 Å². The molecular formula is C15H31NO2. The van der Waals surface area contributed by atoms with E-state index in [4.69, 9.17) is 4.74 Å². The Hall–Kier alpha value is -0.120. The van der Waals surface area contributed by atoms with E-state index in [1.165, 1.54) is 0 Å². The molecule has 0 aromatic heterocycles. The molecule has 18 heavy (non-hydrogen) atoms. The van der Waals surface area contributed by atoms with Crippen molar-refractivity contribution >= 4 is 0 Å². The van der Waals surface area contributed by atoms with Gasteiger partial charge in [0.25, 0.3) is 0 Å². The van der Waals surface area contributed by atoms with Crippen molar-refractivity contribution in [3.8, 4) is 0 Å². The summed E-state index contributed by atoms with van der Waals surface area (Å²) in [5, 5.41) is 14.1. The fourth-order valence-electron chi connectivity index (χ4n) is 3.27. The second-order valence-corrected chi connectivity index (χ2v) is 7.60. The normalized spacial score (nSPS) is 29.5. The topological polar surface area (TPSA) is 41.5 Å². The van der Waals surface area contributed by atoms with Crippen molar-refractivity contribution in [3.63, 3.8) is 0 Å². The van der Waals surface area contributed by atoms with Gasteiger partial charge in [0.1, 0.15) is 0 Å². The predicted molar refractivity (Wildman–Crippen MR) is 75.7 cm³/mol. The van der Waals surface area contributed by atoms with Crippen molar-refractivity contribution in [3.05, 3.63) is 0 Å². The molecule has 0 bridgehead atoms. The highest BCUT2D eigenvalue weighted by Gasteiger charge is 2.52. The Morgan fingerprint density at radius 3 is 2.28 bits per heavy atom. The summed E-state index contributed by atoms with van der Waals surface area (Å²) in [6.07, 6.45) is 0.899. The highest BCUT2D eigenvalue weighted by molar-refractivity contribution is 5.02. The average Bonchev–Trinajstić information content (AvgIpc) is 2.33. The van der Waals surface area contributed by atoms with Crippen LogP contribution < -0.4 is 5.32 Å². The van der Waals surface area contributed by atoms with E-state index in [1.807, 2.05) is 6.92 Å². The van der Waals surface area contributed by atoms with Crippen LogP contribution >= 0.6 is 0 Å². The van der Waals surface area contributed by atoms with Crippen LogP contribution in [0.4, 0.5) is 0 Å². The summed E-state index contributed by atoms with van der Waals surface area (Å²) < 4.78 is 6.07. The van der Waals surface area contributed by atoms with Crippen LogP contribution in [0.1, 0.15) is 54.9 Å². The lowest BCUT2D eigenvalue weighted by Crippen LogP contribution is -2.51. The third-order valence-corrected chi connectivity index (χ3v) is 3.86. The van der Waals surface area contributed by atoms with Crippen molar-refractivity contribution in [2.75, 3.05) is 13.1 Å². The zero-order valence-electron chi connectivity index (χ0n) is 13.1. The lowest BCUT2D eigenvalue weighted by atomic mass is 9.75. The van der Waals surface area contributed by atoms with Gasteiger partial charge in [-0.2, -0.15) is 0 Å². The average molecular weight is 257 g/mol. The van der Waals surface area contributed by atoms with Crippen molar-refractivity contribution in [2.45, 2.75) is 71.7 Å². The minimum Gasteiger partial charge on any atom is -0.388 e. The van der Waals surface area contributed by atoms with Crippen molar-refractivity contribution in [1.82, 2.24) is 5.32 Å². The van der Waals surface area contributed by atoms with Crippen LogP contribution in [0.2, 0.25) is 0 Å². The first kappa shape index (κ1) is 15.9. The summed E-state index contributed by atoms with van der Waals surface area (Å²) in [5.74, 6) is 0.754. The van der Waals surface area contributed by atoms with Gasteiger partial charge in [0.2, 0.25) is 0 Å². The third kappa shape index (κ3) is 3.94. The van der Waals surface area contributed by atoms with Gasteiger partial charge in [0.05, 0.1) is 16.8 Å². The molecule has 0 aromatic carbocycles. The first-order valence-electron chi connectivity index (χ1n) is 7.09. The van der Waals surface area contributed by atoms with Gasteiger partial charge < -0.3 is 15.2 Å². The fourth-order valence-corrected chi connectivity index (χ4v) is 3.27. The Morgan fingerprint density at radius 1 is 1.33 bits per heavy atom. The molecule has 2 unspecified atom stereocenters. The van der Waals surface area contributed by atoms with Crippen LogP contribution in [0.25, 0.3) is 0 Å². The van der Waals surface area contributed by atoms with Crippen LogP contribution in [0.15, 0.2) is 0 Å². The van der Waals surface area contributed by atoms with Gasteiger partial charge >= 0.3 is 0 Å². The molecule has 0 saturated carbocycles. The van der Waals surface area contributed by atoms with E-state index in [2.05, 4.69) is 46.9 Å². The Kier molecular flexibility index (Phi) is 4.52. The summed E-state index contributed by atoms with van der Waals surface area (Å²) in [6.45, 7) is 16.2. The molecule has 2 atom stereocenters. The van der Waals surface area contributed by atoms with Crippen molar-refractivity contribution in [2.24, 2.45) is 11.8 Å². The second-order valence-electron chi connectivity index (χ2n) is 7.60. The molecule has 2 N–H and O–H groups in total. The molecule has 0 aliphatic carbocycles. The van der Waals surface area contributed by atoms with Gasteiger partial charge in [-0.05, 0) is 53.5 Å². The van der Waals surface area contributed by atoms with Crippen LogP contribution in [-0.4, -0.2) is 35.0 Å². The molecule has 0 radical (unpaired) electrons. The molecule has 0 spiro atoms. The number of nitrogens with one attached hydrogen (secondary N) is 1. The molecule has 1 saturated heterocycles. The minimum atomic E-state index is -0.730. The third-order valence-electron chi connectivity index (χ3n) is 3.86. The van der Waals surface area contributed by atoms with Crippen molar-refractivity contribution in [1.29, 1.82) is 0 Å². The number of hydrogen-bond donors (Lipinski definition) is 2. The first-order chi connectivity index (χ1) is 7.96. The van der Waals surface area contributed by atoms with Gasteiger partial charge in [-0.3, -0.25) is 0 Å². The Labute approximate surface area is 112 Å². The second kappa shape index (κ2) is 5.10. The summed E-state index contributed by atoms with van der Waals surface area (Å²) in [5.41, 5.74) is -1.14. The monoisotopic (exact) mass is 257 g/mol. The number of hydrogen-bond acceptors (Lipinski definition) is 3. The van der Waals surface area contributed by atoms with E-state index in [9.17, 15) is 5.11 Å². The Balaban J connectivity index is 2.66. The molecule has 1 fully saturated rings. The fraction of sp³-hybridized carbons (Fsp3) is 1.00. The van der Waals surface area contributed by atoms with E-state index < -0.39 is 5.60 Å². The van der Waals surface area contributed by atoms with E-state index in [0.29, 0.717) is 12.5 Å². The molecular weight excluding hydrogens is 226 g/mol. The van der Waals surface area contributed by atoms with Gasteiger partial charge in [0.15, 0.2) is 0 Å². The van der Waals surface area contributed by atoms with E-state index in [1.54, 1.807) is 0 Å². The quantitative estimate of drug-likeness (QED) is 0.795. The molecule has 3 nitrogen and oxygen atoms in total. The lowest BCUT2D eigenvalue weighted by Gasteiger charge is -2.38. The maximum Gasteiger partial charge on any atom is 0.0799 e. The first-order valence-corrected chi connectivity index (χ1v) is 7.09. The lowest BCUT2D eigenvalue weighted by molar-refractivity contribution is -0.107. The van der Waals surface area contributed by atoms with Crippen LogP contribution in [0.3, 0.4) is 0 Å². The van der Waals surface area contributed by atoms with Crippen molar-refractivity contribution < 1.29 is 9.84 Å². The maximum absolute atomic E-state index is 10.8. The SMILES string of the molecule is CC(C)CNCC(C)(O)C1CC(C)(C)OC1(C)C. The highest BCUT2D eigenvalue weighted by atomic mass is 16.5. The van der Waals surface area contributed by atoms with Gasteiger partial charge in [-0.15, -0.1) is 0 Å². The molecule has 108 valence electrons. The highest BCUT2D eigenvalue weighted by Crippen LogP contribution is 2.46. The Morgan fingerprint density at radius 2 is 1.89 bits per heavy atom. The largest absolute Gasteiger partial charge is 0.388 e. The predicted octanol–water partition coefficient (Wildman–Crippen LogP) is 2.58. The number of ether oxygens (including phenoxy) is 1. The summed E-state index contributed by atoms with van der Waals surface area (Å²) >= 11 is 0. The van der Waals surface area contributed by atoms with Crippen LogP contribution in [-0.2, 0) is 4.74 Å². The van der Waals surface area contributed by atoms with E-state index >= 15 is 0 Å². The molecule has 0 amide bonds. The zero-order chi connectivity index (χ0) is 14.2. The summed E-state index contributed by atoms with van der Waals surface area (Å²) in [4.78, 5) is 0. The summed E-state index contributed by atoms with van der Waals surface area (Å²) in [7, 11) is 0. The smallest absolute Gasteiger partial charge is 0.0799 e. The molecule has 1 rings (SSSR count). The molecule has 1 heterocycles. The summed E-state index contributed by atoms with van der Waals surface area (Å²) in [6, 6.07) is 0. The zero-order valence-corrected chi connectivity index (χ0v) is 13.1. The number of rotatable bonds is 5. The van der Waals surface area contributed by atoms with Gasteiger partial charge in [0, 0.05) is 12.5 Å². The van der Waals surface area contributed by atoms with E-state index in [-0.39, 0.29) is 17.1 Å².